The Bertz CT molecular complexity index is 1270. The third kappa shape index (κ3) is 5.20. The third-order valence-corrected chi connectivity index (χ3v) is 5.81. The van der Waals surface area contributed by atoms with Crippen LogP contribution < -0.4 is 10.6 Å². The lowest BCUT2D eigenvalue weighted by atomic mass is 9.80. The summed E-state index contributed by atoms with van der Waals surface area (Å²) in [7, 11) is 0. The number of hydrogen-bond donors (Lipinski definition) is 2. The number of rotatable bonds is 7. The molecule has 0 radical (unpaired) electrons. The molecule has 1 heterocycles. The lowest BCUT2D eigenvalue weighted by Gasteiger charge is -2.37. The first-order valence-electron chi connectivity index (χ1n) is 11.1. The summed E-state index contributed by atoms with van der Waals surface area (Å²) in [5.41, 5.74) is 5.64. The van der Waals surface area contributed by atoms with Crippen molar-refractivity contribution in [3.8, 4) is 6.07 Å². The summed E-state index contributed by atoms with van der Waals surface area (Å²) in [6.07, 6.45) is -3.36. The van der Waals surface area contributed by atoms with Crippen LogP contribution in [-0.4, -0.2) is 23.7 Å². The van der Waals surface area contributed by atoms with Crippen molar-refractivity contribution in [2.24, 2.45) is 5.73 Å². The fourth-order valence-corrected chi connectivity index (χ4v) is 4.05. The van der Waals surface area contributed by atoms with E-state index in [1.165, 1.54) is 43.3 Å². The molecule has 2 aromatic carbocycles. The quantitative estimate of drug-likeness (QED) is 0.404. The van der Waals surface area contributed by atoms with Crippen LogP contribution in [0.4, 0.5) is 18.9 Å². The second-order valence-electron chi connectivity index (χ2n) is 8.14. The van der Waals surface area contributed by atoms with Gasteiger partial charge in [0.1, 0.15) is 5.82 Å². The molecule has 2 aromatic rings. The van der Waals surface area contributed by atoms with Gasteiger partial charge in [-0.1, -0.05) is 31.5 Å². The number of carbonyl (C=O) groups excluding carboxylic acids is 1. The van der Waals surface area contributed by atoms with Gasteiger partial charge in [0, 0.05) is 11.4 Å². The SMILES string of the molecule is CCCCOC(=O)C1=C(N)N(c2cccc(C(F)(F)F)c2)C(C)=C(C(=O)O)C1c1ccc(C#N)cc1. The zero-order chi connectivity index (χ0) is 26.6. The Balaban J connectivity index is 2.27. The summed E-state index contributed by atoms with van der Waals surface area (Å²) in [6, 6.07) is 12.1. The number of unbranched alkanes of at least 4 members (excludes halogenated alkanes) is 1. The van der Waals surface area contributed by atoms with Crippen molar-refractivity contribution in [2.75, 3.05) is 11.5 Å². The number of nitrogens with zero attached hydrogens (tertiary/aromatic N) is 2. The zero-order valence-electron chi connectivity index (χ0n) is 19.6. The van der Waals surface area contributed by atoms with Crippen molar-refractivity contribution in [1.82, 2.24) is 0 Å². The number of nitriles is 1. The molecule has 36 heavy (non-hydrogen) atoms. The average Bonchev–Trinajstić information content (AvgIpc) is 2.83. The number of esters is 1. The molecule has 7 nitrogen and oxygen atoms in total. The monoisotopic (exact) mass is 499 g/mol. The lowest BCUT2D eigenvalue weighted by molar-refractivity contribution is -0.140. The maximum atomic E-state index is 13.4. The van der Waals surface area contributed by atoms with Gasteiger partial charge in [0.05, 0.1) is 40.9 Å². The first-order valence-corrected chi connectivity index (χ1v) is 11.1. The Morgan fingerprint density at radius 1 is 1.17 bits per heavy atom. The minimum absolute atomic E-state index is 0.0405. The van der Waals surface area contributed by atoms with Gasteiger partial charge < -0.3 is 20.5 Å². The molecule has 0 saturated carbocycles. The minimum Gasteiger partial charge on any atom is -0.478 e. The molecular formula is C26H24F3N3O4. The molecule has 0 saturated heterocycles. The number of carbonyl (C=O) groups is 2. The van der Waals surface area contributed by atoms with Crippen LogP contribution in [-0.2, 0) is 20.5 Å². The standard InChI is InChI=1S/C26H24F3N3O4/c1-3-4-12-36-25(35)22-21(17-10-8-16(14-30)9-11-17)20(24(33)34)15(2)32(23(22)31)19-7-5-6-18(13-19)26(27,28)29/h5-11,13,21H,3-4,12,31H2,1-2H3,(H,33,34). The molecule has 0 aliphatic carbocycles. The van der Waals surface area contributed by atoms with Gasteiger partial charge in [0.2, 0.25) is 0 Å². The molecule has 3 N–H and O–H groups in total. The number of halogens is 3. The van der Waals surface area contributed by atoms with Crippen LogP contribution in [0.25, 0.3) is 0 Å². The number of benzene rings is 2. The number of hydrogen-bond acceptors (Lipinski definition) is 6. The van der Waals surface area contributed by atoms with E-state index in [0.29, 0.717) is 17.5 Å². The maximum Gasteiger partial charge on any atom is 0.416 e. The Morgan fingerprint density at radius 2 is 1.83 bits per heavy atom. The van der Waals surface area contributed by atoms with Gasteiger partial charge in [-0.2, -0.15) is 18.4 Å². The molecule has 0 amide bonds. The molecule has 1 aliphatic rings. The molecule has 0 bridgehead atoms. The topological polar surface area (TPSA) is 117 Å². The molecule has 1 aliphatic heterocycles. The number of alkyl halides is 3. The molecule has 188 valence electrons. The number of aliphatic carboxylic acids is 1. The average molecular weight is 499 g/mol. The Morgan fingerprint density at radius 3 is 2.39 bits per heavy atom. The van der Waals surface area contributed by atoms with Gasteiger partial charge in [-0.05, 0) is 49.2 Å². The summed E-state index contributed by atoms with van der Waals surface area (Å²) < 4.78 is 45.5. The second kappa shape index (κ2) is 10.6. The van der Waals surface area contributed by atoms with E-state index in [2.05, 4.69) is 0 Å². The summed E-state index contributed by atoms with van der Waals surface area (Å²) >= 11 is 0. The Hall–Kier alpha value is -4.26. The fraction of sp³-hybridized carbons (Fsp3) is 0.269. The van der Waals surface area contributed by atoms with E-state index in [-0.39, 0.29) is 35.0 Å². The highest BCUT2D eigenvalue weighted by atomic mass is 19.4. The van der Waals surface area contributed by atoms with Crippen LogP contribution >= 0.6 is 0 Å². The van der Waals surface area contributed by atoms with E-state index in [4.69, 9.17) is 15.7 Å². The van der Waals surface area contributed by atoms with Gasteiger partial charge in [-0.25, -0.2) is 9.59 Å². The number of carboxylic acids is 1. The summed E-state index contributed by atoms with van der Waals surface area (Å²) in [6.45, 7) is 3.36. The van der Waals surface area contributed by atoms with Gasteiger partial charge in [-0.15, -0.1) is 0 Å². The van der Waals surface area contributed by atoms with E-state index in [0.717, 1.165) is 23.5 Å². The van der Waals surface area contributed by atoms with Crippen LogP contribution in [0.15, 0.2) is 71.2 Å². The third-order valence-electron chi connectivity index (χ3n) is 5.81. The van der Waals surface area contributed by atoms with E-state index in [9.17, 15) is 27.9 Å². The van der Waals surface area contributed by atoms with Crippen LogP contribution in [0.2, 0.25) is 0 Å². The molecule has 1 unspecified atom stereocenters. The van der Waals surface area contributed by atoms with Crippen molar-refractivity contribution in [3.05, 3.63) is 87.9 Å². The lowest BCUT2D eigenvalue weighted by Crippen LogP contribution is -2.39. The number of ether oxygens (including phenoxy) is 1. The summed E-state index contributed by atoms with van der Waals surface area (Å²) in [5.74, 6) is -3.68. The highest BCUT2D eigenvalue weighted by Crippen LogP contribution is 2.44. The van der Waals surface area contributed by atoms with Crippen LogP contribution in [0, 0.1) is 11.3 Å². The van der Waals surface area contributed by atoms with Gasteiger partial charge in [0.25, 0.3) is 0 Å². The largest absolute Gasteiger partial charge is 0.478 e. The normalized spacial score (nSPS) is 16.1. The second-order valence-corrected chi connectivity index (χ2v) is 8.14. The summed E-state index contributed by atoms with van der Waals surface area (Å²) in [4.78, 5) is 26.8. The van der Waals surface area contributed by atoms with E-state index < -0.39 is 29.6 Å². The molecule has 3 rings (SSSR count). The van der Waals surface area contributed by atoms with Crippen molar-refractivity contribution < 1.29 is 32.6 Å². The zero-order valence-corrected chi connectivity index (χ0v) is 19.6. The molecule has 1 atom stereocenters. The minimum atomic E-state index is -4.65. The fourth-order valence-electron chi connectivity index (χ4n) is 4.05. The highest BCUT2D eigenvalue weighted by molar-refractivity contribution is 6.01. The number of carboxylic acid groups (broad SMARTS) is 1. The number of nitrogens with two attached hydrogens (primary N) is 1. The molecule has 0 fully saturated rings. The van der Waals surface area contributed by atoms with Crippen molar-refractivity contribution in [1.29, 1.82) is 5.26 Å². The predicted octanol–water partition coefficient (Wildman–Crippen LogP) is 5.05. The Kier molecular flexibility index (Phi) is 7.73. The molecule has 0 spiro atoms. The molecule has 0 aromatic heterocycles. The molecular weight excluding hydrogens is 475 g/mol. The first kappa shape index (κ1) is 26.3. The molecule has 10 heteroatoms. The van der Waals surface area contributed by atoms with Gasteiger partial charge in [-0.3, -0.25) is 0 Å². The van der Waals surface area contributed by atoms with Crippen molar-refractivity contribution in [2.45, 2.75) is 38.8 Å². The highest BCUT2D eigenvalue weighted by Gasteiger charge is 2.41. The van der Waals surface area contributed by atoms with E-state index >= 15 is 0 Å². The number of anilines is 1. The van der Waals surface area contributed by atoms with Crippen molar-refractivity contribution in [3.63, 3.8) is 0 Å². The smallest absolute Gasteiger partial charge is 0.416 e. The van der Waals surface area contributed by atoms with Crippen molar-refractivity contribution >= 4 is 17.6 Å². The van der Waals surface area contributed by atoms with Gasteiger partial charge in [0.15, 0.2) is 0 Å². The van der Waals surface area contributed by atoms with E-state index in [1.54, 1.807) is 0 Å². The van der Waals surface area contributed by atoms with Crippen LogP contribution in [0.3, 0.4) is 0 Å². The van der Waals surface area contributed by atoms with E-state index in [1.807, 2.05) is 13.0 Å². The first-order chi connectivity index (χ1) is 17.0. The van der Waals surface area contributed by atoms with Crippen LogP contribution in [0.1, 0.15) is 49.3 Å². The summed E-state index contributed by atoms with van der Waals surface area (Å²) in [5, 5.41) is 19.3. The van der Waals surface area contributed by atoms with Crippen LogP contribution in [0.5, 0.6) is 0 Å². The van der Waals surface area contributed by atoms with Gasteiger partial charge >= 0.3 is 18.1 Å². The Labute approximate surface area is 205 Å². The predicted molar refractivity (Wildman–Crippen MR) is 125 cm³/mol. The number of allylic oxidation sites excluding steroid dienone is 1. The maximum absolute atomic E-state index is 13.4.